The van der Waals surface area contributed by atoms with Gasteiger partial charge in [-0.2, -0.15) is 0 Å². The summed E-state index contributed by atoms with van der Waals surface area (Å²) in [7, 11) is 0. The number of nitrogens with zero attached hydrogens (tertiary/aromatic N) is 3. The Bertz CT molecular complexity index is 995. The maximum absolute atomic E-state index is 12.9. The Kier molecular flexibility index (Phi) is 6.29. The van der Waals surface area contributed by atoms with E-state index in [0.29, 0.717) is 12.1 Å². The number of β-lactam (4-membered cyclic amide) rings is 2. The number of aliphatic imine (C=N–C) groups is 1. The highest BCUT2D eigenvalue weighted by Gasteiger charge is 2.64. The van der Waals surface area contributed by atoms with Gasteiger partial charge in [-0.1, -0.05) is 0 Å². The molecular formula is C22H29N3O7S2. The number of carbonyl (C=O) groups excluding carboxylic acids is 5. The van der Waals surface area contributed by atoms with Crippen molar-refractivity contribution in [2.24, 2.45) is 4.99 Å². The van der Waals surface area contributed by atoms with Crippen LogP contribution in [0.2, 0.25) is 0 Å². The molecule has 0 radical (unpaired) electrons. The predicted octanol–water partition coefficient (Wildman–Crippen LogP) is 1.35. The van der Waals surface area contributed by atoms with E-state index < -0.39 is 46.4 Å². The van der Waals surface area contributed by atoms with Gasteiger partial charge in [-0.15, -0.1) is 23.5 Å². The molecule has 0 aromatic rings. The van der Waals surface area contributed by atoms with Gasteiger partial charge >= 0.3 is 11.9 Å². The van der Waals surface area contributed by atoms with Crippen LogP contribution in [0.1, 0.15) is 54.4 Å². The number of ketones is 1. The van der Waals surface area contributed by atoms with Crippen molar-refractivity contribution in [1.82, 2.24) is 9.80 Å². The monoisotopic (exact) mass is 511 g/mol. The summed E-state index contributed by atoms with van der Waals surface area (Å²) < 4.78 is 9.34. The number of esters is 2. The quantitative estimate of drug-likeness (QED) is 0.216. The van der Waals surface area contributed by atoms with Crippen LogP contribution in [0.15, 0.2) is 4.99 Å². The highest BCUT2D eigenvalue weighted by molar-refractivity contribution is 8.02. The van der Waals surface area contributed by atoms with E-state index in [4.69, 9.17) is 9.47 Å². The minimum atomic E-state index is -0.854. The first-order valence-electron chi connectivity index (χ1n) is 11.1. The van der Waals surface area contributed by atoms with Gasteiger partial charge in [-0.25, -0.2) is 9.59 Å². The molecule has 4 heterocycles. The van der Waals surface area contributed by atoms with E-state index in [9.17, 15) is 24.0 Å². The van der Waals surface area contributed by atoms with E-state index in [1.807, 2.05) is 27.7 Å². The molecule has 10 nitrogen and oxygen atoms in total. The van der Waals surface area contributed by atoms with Gasteiger partial charge in [0.1, 0.15) is 23.2 Å². The molecule has 4 fully saturated rings. The second-order valence-electron chi connectivity index (χ2n) is 10.1. The van der Waals surface area contributed by atoms with Gasteiger partial charge in [0, 0.05) is 21.6 Å². The molecule has 4 aliphatic rings. The fourth-order valence-electron chi connectivity index (χ4n) is 5.00. The zero-order valence-corrected chi connectivity index (χ0v) is 21.7. The van der Waals surface area contributed by atoms with Crippen LogP contribution in [0, 0.1) is 0 Å². The zero-order chi connectivity index (χ0) is 25.2. The lowest BCUT2D eigenvalue weighted by Crippen LogP contribution is -2.65. The molecule has 4 rings (SSSR count). The van der Waals surface area contributed by atoms with Crippen LogP contribution < -0.4 is 0 Å². The zero-order valence-electron chi connectivity index (χ0n) is 20.0. The maximum Gasteiger partial charge on any atom is 0.333 e. The number of hydrogen-bond acceptors (Lipinski definition) is 10. The molecule has 0 N–H and O–H groups in total. The van der Waals surface area contributed by atoms with E-state index >= 15 is 0 Å². The molecular weight excluding hydrogens is 482 g/mol. The Morgan fingerprint density at radius 1 is 0.971 bits per heavy atom. The third kappa shape index (κ3) is 4.12. The van der Waals surface area contributed by atoms with Crippen LogP contribution in [0.25, 0.3) is 0 Å². The summed E-state index contributed by atoms with van der Waals surface area (Å²) in [6.45, 7) is 10.0. The molecule has 34 heavy (non-hydrogen) atoms. The fraction of sp³-hybridized carbons (Fsp3) is 0.727. The molecule has 5 atom stereocenters. The summed E-state index contributed by atoms with van der Waals surface area (Å²) in [5, 5.41) is -0.349. The number of Topliss-reactive ketones (excluding diaryl/α,β-unsaturated/α-hetero) is 1. The number of amides is 2. The largest absolute Gasteiger partial charge is 0.426 e. The molecule has 4 saturated heterocycles. The number of thioether (sulfide) groups is 2. The molecule has 0 saturated carbocycles. The second-order valence-corrected chi connectivity index (χ2v) is 13.7. The standard InChI is InChI=1S/C22H29N3O7S2/c1-10(7-11(2)26)23-14-17(28)25-16(22(5,6)34-18(14)25)20(30)32-9-31-19(29)15-21(3,4)33-13-8-12(27)24(13)15/h13-16,18H,7-9H2,1-6H3/t13-,14-,15+,16+,18-/m1/s1. The fourth-order valence-corrected chi connectivity index (χ4v) is 8.22. The SMILES string of the molecule is CC(=O)CC(C)=N[C@@H]1C(=O)N2[C@@H]1SC(C)(C)[C@@H]2C(=O)OCOC(=O)[C@@H]1N2C(=O)C[C@H]2SC1(C)C. The number of ether oxygens (including phenoxy) is 2. The minimum Gasteiger partial charge on any atom is -0.426 e. The lowest BCUT2D eigenvalue weighted by Gasteiger charge is -2.42. The van der Waals surface area contributed by atoms with Crippen LogP contribution in [0.3, 0.4) is 0 Å². The summed E-state index contributed by atoms with van der Waals surface area (Å²) in [6, 6.07) is -2.23. The Balaban J connectivity index is 1.35. The molecule has 186 valence electrons. The molecule has 0 aromatic carbocycles. The molecule has 0 aliphatic carbocycles. The van der Waals surface area contributed by atoms with Crippen molar-refractivity contribution in [1.29, 1.82) is 0 Å². The summed E-state index contributed by atoms with van der Waals surface area (Å²) >= 11 is 3.01. The van der Waals surface area contributed by atoms with Gasteiger partial charge in [-0.3, -0.25) is 19.4 Å². The van der Waals surface area contributed by atoms with Crippen molar-refractivity contribution < 1.29 is 33.4 Å². The van der Waals surface area contributed by atoms with Crippen molar-refractivity contribution in [3.63, 3.8) is 0 Å². The van der Waals surface area contributed by atoms with Crippen molar-refractivity contribution in [2.45, 2.75) is 92.8 Å². The highest BCUT2D eigenvalue weighted by Crippen LogP contribution is 2.52. The smallest absolute Gasteiger partial charge is 0.333 e. The van der Waals surface area contributed by atoms with Gasteiger partial charge in [0.15, 0.2) is 6.04 Å². The number of rotatable bonds is 7. The van der Waals surface area contributed by atoms with Crippen molar-refractivity contribution in [3.8, 4) is 0 Å². The molecule has 0 bridgehead atoms. The van der Waals surface area contributed by atoms with E-state index in [1.54, 1.807) is 18.7 Å². The summed E-state index contributed by atoms with van der Waals surface area (Å²) in [5.41, 5.74) is 0.581. The topological polar surface area (TPSA) is 123 Å². The van der Waals surface area contributed by atoms with Crippen molar-refractivity contribution in [3.05, 3.63) is 0 Å². The van der Waals surface area contributed by atoms with Gasteiger partial charge in [-0.05, 0) is 41.5 Å². The lowest BCUT2D eigenvalue weighted by molar-refractivity contribution is -0.181. The number of carbonyl (C=O) groups is 5. The van der Waals surface area contributed by atoms with Gasteiger partial charge < -0.3 is 19.3 Å². The van der Waals surface area contributed by atoms with Crippen LogP contribution in [-0.2, 0) is 33.4 Å². The Morgan fingerprint density at radius 3 is 2.09 bits per heavy atom. The van der Waals surface area contributed by atoms with Crippen LogP contribution in [-0.4, -0.2) is 90.2 Å². The third-order valence-electron chi connectivity index (χ3n) is 6.45. The van der Waals surface area contributed by atoms with E-state index in [2.05, 4.69) is 4.99 Å². The average Bonchev–Trinajstić information content (AvgIpc) is 3.09. The first kappa shape index (κ1) is 25.0. The lowest BCUT2D eigenvalue weighted by atomic mass is 9.96. The van der Waals surface area contributed by atoms with Crippen LogP contribution in [0.5, 0.6) is 0 Å². The molecule has 0 unspecified atom stereocenters. The van der Waals surface area contributed by atoms with Gasteiger partial charge in [0.2, 0.25) is 12.7 Å². The first-order valence-corrected chi connectivity index (χ1v) is 12.9. The normalized spacial score (nSPS) is 33.0. The van der Waals surface area contributed by atoms with Gasteiger partial charge in [0.05, 0.1) is 11.8 Å². The first-order chi connectivity index (χ1) is 15.7. The summed E-state index contributed by atoms with van der Waals surface area (Å²) in [5.74, 6) is -1.70. The maximum atomic E-state index is 12.9. The average molecular weight is 512 g/mol. The second kappa shape index (κ2) is 8.54. The number of hydrogen-bond donors (Lipinski definition) is 0. The molecule has 2 amide bonds. The summed E-state index contributed by atoms with van der Waals surface area (Å²) in [4.78, 5) is 69.1. The molecule has 12 heteroatoms. The number of fused-ring (bicyclic) bond motifs is 2. The Morgan fingerprint density at radius 2 is 1.53 bits per heavy atom. The van der Waals surface area contributed by atoms with E-state index in [1.165, 1.54) is 28.5 Å². The molecule has 4 aliphatic heterocycles. The van der Waals surface area contributed by atoms with Gasteiger partial charge in [0.25, 0.3) is 5.91 Å². The molecule has 0 spiro atoms. The Hall–Kier alpha value is -2.08. The predicted molar refractivity (Wildman–Crippen MR) is 126 cm³/mol. The van der Waals surface area contributed by atoms with E-state index in [-0.39, 0.29) is 34.8 Å². The summed E-state index contributed by atoms with van der Waals surface area (Å²) in [6.07, 6.45) is 0.590. The minimum absolute atomic E-state index is 0.0250. The van der Waals surface area contributed by atoms with Crippen molar-refractivity contribution >= 4 is 58.8 Å². The Labute approximate surface area is 206 Å². The van der Waals surface area contributed by atoms with E-state index in [0.717, 1.165) is 0 Å². The third-order valence-corrected chi connectivity index (χ3v) is 9.50. The van der Waals surface area contributed by atoms with Crippen LogP contribution in [0.4, 0.5) is 0 Å². The molecule has 0 aromatic heterocycles. The van der Waals surface area contributed by atoms with Crippen LogP contribution >= 0.6 is 23.5 Å². The highest BCUT2D eigenvalue weighted by atomic mass is 32.2. The van der Waals surface area contributed by atoms with Crippen molar-refractivity contribution in [2.75, 3.05) is 6.79 Å².